The molecule has 2 heterocycles. The van der Waals surface area contributed by atoms with Crippen LogP contribution in [0.25, 0.3) is 11.3 Å². The van der Waals surface area contributed by atoms with Crippen molar-refractivity contribution < 1.29 is 24.2 Å². The second kappa shape index (κ2) is 17.4. The first-order chi connectivity index (χ1) is 24.9. The Morgan fingerprint density at radius 3 is 2.31 bits per heavy atom. The number of thioether (sulfide) groups is 1. The maximum Gasteiger partial charge on any atom is 0.304 e. The molecule has 0 radical (unpaired) electrons. The third-order valence-corrected chi connectivity index (χ3v) is 9.57. The number of hydrogen-bond donors (Lipinski definition) is 3. The Balaban J connectivity index is 1.17. The van der Waals surface area contributed by atoms with E-state index >= 15 is 0 Å². The first-order valence-corrected chi connectivity index (χ1v) is 18.2. The summed E-state index contributed by atoms with van der Waals surface area (Å²) in [5.74, 6) is 1.25. The fraction of sp³-hybridized carbons (Fsp3) is 0.220. The highest BCUT2D eigenvalue weighted by atomic mass is 32.2. The highest BCUT2D eigenvalue weighted by Crippen LogP contribution is 2.33. The van der Waals surface area contributed by atoms with E-state index in [1.54, 1.807) is 24.4 Å². The molecule has 6 rings (SSSR count). The lowest BCUT2D eigenvalue weighted by Gasteiger charge is -2.29. The molecule has 4 aromatic carbocycles. The third-order valence-electron chi connectivity index (χ3n) is 8.54. The van der Waals surface area contributed by atoms with Crippen LogP contribution in [0.2, 0.25) is 0 Å². The Hall–Kier alpha value is -5.61. The van der Waals surface area contributed by atoms with Crippen LogP contribution in [0, 0.1) is 0 Å². The first-order valence-electron chi connectivity index (χ1n) is 17.1. The maximum atomic E-state index is 13.6. The number of nitrogens with zero attached hydrogens (tertiary/aromatic N) is 2. The lowest BCUT2D eigenvalue weighted by Crippen LogP contribution is -2.29. The summed E-state index contributed by atoms with van der Waals surface area (Å²) in [6.45, 7) is 2.25. The summed E-state index contributed by atoms with van der Waals surface area (Å²) in [7, 11) is 0. The second-order valence-electron chi connectivity index (χ2n) is 12.3. The zero-order valence-electron chi connectivity index (χ0n) is 28.2. The monoisotopic (exact) mass is 700 g/mol. The molecule has 0 aliphatic carbocycles. The smallest absolute Gasteiger partial charge is 0.304 e. The molecule has 10 heteroatoms. The molecule has 0 atom stereocenters. The van der Waals surface area contributed by atoms with Crippen LogP contribution in [0.5, 0.6) is 11.5 Å². The molecule has 1 aliphatic heterocycles. The Labute approximate surface area is 302 Å². The van der Waals surface area contributed by atoms with E-state index in [2.05, 4.69) is 20.5 Å². The minimum Gasteiger partial charge on any atom is -0.481 e. The number of carboxylic acids is 1. The number of hydrogen-bond acceptors (Lipinski definition) is 7. The molecule has 1 aliphatic rings. The van der Waals surface area contributed by atoms with Gasteiger partial charge in [0.05, 0.1) is 17.8 Å². The zero-order valence-corrected chi connectivity index (χ0v) is 29.0. The summed E-state index contributed by atoms with van der Waals surface area (Å²) in [6, 6.07) is 33.9. The minimum atomic E-state index is -0.824. The van der Waals surface area contributed by atoms with Gasteiger partial charge < -0.3 is 25.4 Å². The Morgan fingerprint density at radius 1 is 0.765 bits per heavy atom. The molecular formula is C41H40N4O5S. The van der Waals surface area contributed by atoms with Gasteiger partial charge in [0.1, 0.15) is 11.5 Å². The predicted molar refractivity (Wildman–Crippen MR) is 203 cm³/mol. The number of benzene rings is 4. The number of rotatable bonds is 14. The standard InChI is InChI=1S/C41H40N4O5S/c46-39(47)19-23-51-28-30-8-7-9-31(24-30)41(49)44-37-17-14-33(45-21-5-2-6-22-45)26-36(37)38-25-32(18-20-42-38)40(48)43-27-29-12-15-35(16-13-29)50-34-10-3-1-4-11-34/h1,3-4,7-18,20,24-26H,2,5-6,19,21-23,27-28H2,(H,43,48)(H,44,49)(H,46,47). The Bertz CT molecular complexity index is 1960. The molecule has 1 fully saturated rings. The fourth-order valence-corrected chi connectivity index (χ4v) is 6.73. The lowest BCUT2D eigenvalue weighted by atomic mass is 10.0. The maximum absolute atomic E-state index is 13.6. The number of aromatic nitrogens is 1. The van der Waals surface area contributed by atoms with Gasteiger partial charge in [0.2, 0.25) is 0 Å². The highest BCUT2D eigenvalue weighted by Gasteiger charge is 2.18. The molecule has 1 aromatic heterocycles. The van der Waals surface area contributed by atoms with E-state index in [4.69, 9.17) is 9.84 Å². The molecule has 2 amide bonds. The number of anilines is 2. The van der Waals surface area contributed by atoms with Crippen LogP contribution in [0.1, 0.15) is 57.5 Å². The Kier molecular flexibility index (Phi) is 12.0. The number of pyridine rings is 1. The van der Waals surface area contributed by atoms with E-state index in [0.29, 0.717) is 46.3 Å². The van der Waals surface area contributed by atoms with Gasteiger partial charge in [-0.25, -0.2) is 0 Å². The highest BCUT2D eigenvalue weighted by molar-refractivity contribution is 7.98. The molecular weight excluding hydrogens is 661 g/mol. The van der Waals surface area contributed by atoms with Gasteiger partial charge in [0.15, 0.2) is 0 Å². The summed E-state index contributed by atoms with van der Waals surface area (Å²) in [5, 5.41) is 15.0. The largest absolute Gasteiger partial charge is 0.481 e. The van der Waals surface area contributed by atoms with Crippen molar-refractivity contribution in [3.63, 3.8) is 0 Å². The average Bonchev–Trinajstić information content (AvgIpc) is 3.17. The number of carbonyl (C=O) groups is 3. The predicted octanol–water partition coefficient (Wildman–Crippen LogP) is 8.42. The van der Waals surface area contributed by atoms with Crippen molar-refractivity contribution in [3.8, 4) is 22.8 Å². The van der Waals surface area contributed by atoms with Crippen LogP contribution in [0.4, 0.5) is 11.4 Å². The average molecular weight is 701 g/mol. The third kappa shape index (κ3) is 9.98. The normalized spacial score (nSPS) is 12.6. The number of nitrogens with one attached hydrogen (secondary N) is 2. The number of amides is 2. The molecule has 0 saturated carbocycles. The second-order valence-corrected chi connectivity index (χ2v) is 13.4. The minimum absolute atomic E-state index is 0.0944. The number of aliphatic carboxylic acids is 1. The van der Waals surface area contributed by atoms with Gasteiger partial charge in [0.25, 0.3) is 11.8 Å². The topological polar surface area (TPSA) is 121 Å². The van der Waals surface area contributed by atoms with Gasteiger partial charge in [-0.1, -0.05) is 42.5 Å². The summed E-state index contributed by atoms with van der Waals surface area (Å²) in [5.41, 5.74) is 5.74. The van der Waals surface area contributed by atoms with Crippen LogP contribution < -0.4 is 20.3 Å². The summed E-state index contributed by atoms with van der Waals surface area (Å²) in [4.78, 5) is 44.8. The van der Waals surface area contributed by atoms with Crippen LogP contribution in [-0.4, -0.2) is 46.7 Å². The number of para-hydroxylation sites is 1. The van der Waals surface area contributed by atoms with Crippen molar-refractivity contribution >= 4 is 40.9 Å². The number of carboxylic acid groups (broad SMARTS) is 1. The van der Waals surface area contributed by atoms with E-state index < -0.39 is 5.97 Å². The van der Waals surface area contributed by atoms with Gasteiger partial charge in [0, 0.05) is 59.7 Å². The molecule has 51 heavy (non-hydrogen) atoms. The number of carbonyl (C=O) groups excluding carboxylic acids is 2. The SMILES string of the molecule is O=C(O)CCSCc1cccc(C(=O)Nc2ccc(N3CCCCC3)cc2-c2cc(C(=O)NCc3ccc(Oc4ccccc4)cc3)ccn2)c1. The summed E-state index contributed by atoms with van der Waals surface area (Å²) >= 11 is 1.52. The van der Waals surface area contributed by atoms with Gasteiger partial charge >= 0.3 is 5.97 Å². The Morgan fingerprint density at radius 2 is 1.53 bits per heavy atom. The first kappa shape index (κ1) is 35.2. The molecule has 5 aromatic rings. The molecule has 0 unspecified atom stereocenters. The quantitative estimate of drug-likeness (QED) is 0.0988. The van der Waals surface area contributed by atoms with Crippen molar-refractivity contribution in [1.82, 2.24) is 10.3 Å². The summed E-state index contributed by atoms with van der Waals surface area (Å²) in [6.07, 6.45) is 5.16. The lowest BCUT2D eigenvalue weighted by molar-refractivity contribution is -0.136. The molecule has 3 N–H and O–H groups in total. The van der Waals surface area contributed by atoms with Crippen LogP contribution in [0.15, 0.2) is 115 Å². The zero-order chi connectivity index (χ0) is 35.4. The van der Waals surface area contributed by atoms with Crippen molar-refractivity contribution in [2.24, 2.45) is 0 Å². The van der Waals surface area contributed by atoms with E-state index in [0.717, 1.165) is 54.1 Å². The molecule has 9 nitrogen and oxygen atoms in total. The van der Waals surface area contributed by atoms with Gasteiger partial charge in [-0.2, -0.15) is 11.8 Å². The van der Waals surface area contributed by atoms with Gasteiger partial charge in [-0.05, 0) is 97.1 Å². The molecule has 0 spiro atoms. The van der Waals surface area contributed by atoms with E-state index in [1.165, 1.54) is 18.2 Å². The summed E-state index contributed by atoms with van der Waals surface area (Å²) < 4.78 is 5.88. The van der Waals surface area contributed by atoms with Crippen LogP contribution in [-0.2, 0) is 17.1 Å². The van der Waals surface area contributed by atoms with Gasteiger partial charge in [-0.15, -0.1) is 0 Å². The van der Waals surface area contributed by atoms with Crippen molar-refractivity contribution in [2.75, 3.05) is 29.1 Å². The van der Waals surface area contributed by atoms with Crippen LogP contribution >= 0.6 is 11.8 Å². The number of piperidine rings is 1. The molecule has 260 valence electrons. The van der Waals surface area contributed by atoms with Crippen molar-refractivity contribution in [1.29, 1.82) is 0 Å². The number of ether oxygens (including phenoxy) is 1. The van der Waals surface area contributed by atoms with Crippen molar-refractivity contribution in [3.05, 3.63) is 138 Å². The fourth-order valence-electron chi connectivity index (χ4n) is 5.85. The molecule has 0 bridgehead atoms. The van der Waals surface area contributed by atoms with Crippen LogP contribution in [0.3, 0.4) is 0 Å². The van der Waals surface area contributed by atoms with Crippen molar-refractivity contribution in [2.45, 2.75) is 38.0 Å². The van der Waals surface area contributed by atoms with Gasteiger partial charge in [-0.3, -0.25) is 19.4 Å². The van der Waals surface area contributed by atoms with E-state index in [9.17, 15) is 14.4 Å². The molecule has 1 saturated heterocycles. The van der Waals surface area contributed by atoms with E-state index in [-0.39, 0.29) is 18.2 Å². The van der Waals surface area contributed by atoms with E-state index in [1.807, 2.05) is 91.0 Å².